The van der Waals surface area contributed by atoms with Crippen molar-refractivity contribution in [3.05, 3.63) is 53.6 Å². The highest BCUT2D eigenvalue weighted by Gasteiger charge is 2.24. The molecule has 1 heterocycles. The van der Waals surface area contributed by atoms with Crippen molar-refractivity contribution in [2.24, 2.45) is 0 Å². The summed E-state index contributed by atoms with van der Waals surface area (Å²) in [6.07, 6.45) is 0. The second-order valence-corrected chi connectivity index (χ2v) is 5.84. The molecular formula is C17H17N3OS. The molecule has 0 saturated carbocycles. The lowest BCUT2D eigenvalue weighted by atomic mass is 10.1. The minimum absolute atomic E-state index is 0.0664. The van der Waals surface area contributed by atoms with Crippen LogP contribution >= 0.6 is 12.2 Å². The molecule has 22 heavy (non-hydrogen) atoms. The Hall–Kier alpha value is -2.40. The van der Waals surface area contributed by atoms with E-state index in [9.17, 15) is 4.79 Å². The highest BCUT2D eigenvalue weighted by molar-refractivity contribution is 7.80. The van der Waals surface area contributed by atoms with Gasteiger partial charge in [0, 0.05) is 5.69 Å². The number of nitrogens with zero attached hydrogens (tertiary/aromatic N) is 1. The summed E-state index contributed by atoms with van der Waals surface area (Å²) < 4.78 is 0. The predicted molar refractivity (Wildman–Crippen MR) is 94.6 cm³/mol. The zero-order chi connectivity index (χ0) is 15.7. The van der Waals surface area contributed by atoms with Crippen LogP contribution in [0.3, 0.4) is 0 Å². The number of hydrogen-bond donors (Lipinski definition) is 2. The first-order valence-electron chi connectivity index (χ1n) is 7.08. The van der Waals surface area contributed by atoms with Gasteiger partial charge >= 0.3 is 0 Å². The molecule has 0 aliphatic carbocycles. The lowest BCUT2D eigenvalue weighted by Crippen LogP contribution is -2.44. The molecule has 2 aromatic rings. The van der Waals surface area contributed by atoms with Crippen LogP contribution < -0.4 is 15.5 Å². The van der Waals surface area contributed by atoms with E-state index >= 15 is 0 Å². The number of anilines is 3. The fraction of sp³-hybridized carbons (Fsp3) is 0.176. The number of para-hydroxylation sites is 2. The van der Waals surface area contributed by atoms with Gasteiger partial charge in [0.2, 0.25) is 5.91 Å². The van der Waals surface area contributed by atoms with E-state index in [1.54, 1.807) is 0 Å². The molecule has 0 saturated heterocycles. The van der Waals surface area contributed by atoms with Crippen LogP contribution in [0.15, 0.2) is 42.5 Å². The summed E-state index contributed by atoms with van der Waals surface area (Å²) in [6, 6.07) is 13.8. The molecule has 112 valence electrons. The van der Waals surface area contributed by atoms with Crippen molar-refractivity contribution in [2.45, 2.75) is 13.8 Å². The Morgan fingerprint density at radius 3 is 2.59 bits per heavy atom. The zero-order valence-corrected chi connectivity index (χ0v) is 13.3. The van der Waals surface area contributed by atoms with Gasteiger partial charge in [-0.05, 0) is 61.5 Å². The van der Waals surface area contributed by atoms with E-state index in [2.05, 4.69) is 16.7 Å². The monoisotopic (exact) mass is 311 g/mol. The lowest BCUT2D eigenvalue weighted by molar-refractivity contribution is -0.115. The molecule has 3 rings (SSSR count). The zero-order valence-electron chi connectivity index (χ0n) is 12.5. The fourth-order valence-corrected chi connectivity index (χ4v) is 2.93. The van der Waals surface area contributed by atoms with E-state index in [1.807, 2.05) is 55.1 Å². The van der Waals surface area contributed by atoms with Gasteiger partial charge in [0.25, 0.3) is 0 Å². The number of benzene rings is 2. The second-order valence-electron chi connectivity index (χ2n) is 5.46. The summed E-state index contributed by atoms with van der Waals surface area (Å²) in [4.78, 5) is 13.7. The van der Waals surface area contributed by atoms with Crippen molar-refractivity contribution < 1.29 is 4.79 Å². The van der Waals surface area contributed by atoms with Crippen LogP contribution in [0, 0.1) is 13.8 Å². The summed E-state index contributed by atoms with van der Waals surface area (Å²) in [6.45, 7) is 4.31. The molecule has 0 aromatic heterocycles. The van der Waals surface area contributed by atoms with Crippen LogP contribution in [0.5, 0.6) is 0 Å². The van der Waals surface area contributed by atoms with Crippen molar-refractivity contribution in [3.63, 3.8) is 0 Å². The summed E-state index contributed by atoms with van der Waals surface area (Å²) >= 11 is 5.51. The van der Waals surface area contributed by atoms with Gasteiger partial charge < -0.3 is 15.5 Å². The molecule has 0 bridgehead atoms. The first-order valence-corrected chi connectivity index (χ1v) is 7.49. The molecule has 0 fully saturated rings. The van der Waals surface area contributed by atoms with Crippen LogP contribution in [-0.2, 0) is 4.79 Å². The van der Waals surface area contributed by atoms with E-state index in [0.29, 0.717) is 5.11 Å². The number of rotatable bonds is 1. The number of fused-ring (bicyclic) bond motifs is 1. The van der Waals surface area contributed by atoms with Gasteiger partial charge in [-0.3, -0.25) is 4.79 Å². The van der Waals surface area contributed by atoms with E-state index in [0.717, 1.165) is 17.1 Å². The Morgan fingerprint density at radius 1 is 1.18 bits per heavy atom. The van der Waals surface area contributed by atoms with Crippen molar-refractivity contribution >= 4 is 40.3 Å². The van der Waals surface area contributed by atoms with Crippen LogP contribution in [0.4, 0.5) is 17.1 Å². The third-order valence-corrected chi connectivity index (χ3v) is 3.81. The molecule has 0 radical (unpaired) electrons. The standard InChI is InChI=1S/C17H17N3OS/c1-11-7-12(2)9-13(8-11)18-17(22)20-10-16(21)19-14-5-3-4-6-15(14)20/h3-9H,10H2,1-2H3,(H,18,22)(H,19,21). The van der Waals surface area contributed by atoms with E-state index in [1.165, 1.54) is 11.1 Å². The summed E-state index contributed by atoms with van der Waals surface area (Å²) in [5.41, 5.74) is 4.96. The number of carbonyl (C=O) groups is 1. The number of nitrogens with one attached hydrogen (secondary N) is 2. The van der Waals surface area contributed by atoms with Gasteiger partial charge in [-0.15, -0.1) is 0 Å². The molecule has 0 atom stereocenters. The maximum atomic E-state index is 11.9. The minimum Gasteiger partial charge on any atom is -0.332 e. The normalized spacial score (nSPS) is 13.4. The average molecular weight is 311 g/mol. The first-order chi connectivity index (χ1) is 10.5. The minimum atomic E-state index is -0.0664. The van der Waals surface area contributed by atoms with E-state index in [4.69, 9.17) is 12.2 Å². The fourth-order valence-electron chi connectivity index (χ4n) is 2.65. The Labute approximate surface area is 135 Å². The SMILES string of the molecule is Cc1cc(C)cc(NC(=S)N2CC(=O)Nc3ccccc32)c1. The van der Waals surface area contributed by atoms with Gasteiger partial charge in [0.1, 0.15) is 6.54 Å². The first kappa shape index (κ1) is 14.5. The summed E-state index contributed by atoms with van der Waals surface area (Å²) in [7, 11) is 0. The molecular weight excluding hydrogens is 294 g/mol. The van der Waals surface area contributed by atoms with Gasteiger partial charge in [-0.1, -0.05) is 18.2 Å². The predicted octanol–water partition coefficient (Wildman–Crippen LogP) is 3.46. The molecule has 1 amide bonds. The largest absolute Gasteiger partial charge is 0.332 e. The lowest BCUT2D eigenvalue weighted by Gasteiger charge is -2.31. The molecule has 2 N–H and O–H groups in total. The average Bonchev–Trinajstić information content (AvgIpc) is 2.45. The maximum Gasteiger partial charge on any atom is 0.244 e. The molecule has 0 spiro atoms. The molecule has 1 aliphatic heterocycles. The second kappa shape index (κ2) is 5.77. The number of amides is 1. The molecule has 2 aromatic carbocycles. The Balaban J connectivity index is 1.87. The number of hydrogen-bond acceptors (Lipinski definition) is 2. The van der Waals surface area contributed by atoms with Crippen LogP contribution in [-0.4, -0.2) is 17.6 Å². The van der Waals surface area contributed by atoms with Crippen LogP contribution in [0.1, 0.15) is 11.1 Å². The molecule has 1 aliphatic rings. The van der Waals surface area contributed by atoms with Gasteiger partial charge in [-0.25, -0.2) is 0 Å². The Kier molecular flexibility index (Phi) is 3.81. The Morgan fingerprint density at radius 2 is 1.86 bits per heavy atom. The van der Waals surface area contributed by atoms with Gasteiger partial charge in [0.05, 0.1) is 11.4 Å². The highest BCUT2D eigenvalue weighted by atomic mass is 32.1. The van der Waals surface area contributed by atoms with Gasteiger partial charge in [-0.2, -0.15) is 0 Å². The van der Waals surface area contributed by atoms with Gasteiger partial charge in [0.15, 0.2) is 5.11 Å². The van der Waals surface area contributed by atoms with Crippen molar-refractivity contribution in [1.29, 1.82) is 0 Å². The topological polar surface area (TPSA) is 44.4 Å². The third-order valence-electron chi connectivity index (χ3n) is 3.49. The quantitative estimate of drug-likeness (QED) is 0.792. The summed E-state index contributed by atoms with van der Waals surface area (Å²) in [5, 5.41) is 6.61. The van der Waals surface area contributed by atoms with Crippen LogP contribution in [0.2, 0.25) is 0 Å². The van der Waals surface area contributed by atoms with Crippen molar-refractivity contribution in [2.75, 3.05) is 22.1 Å². The third kappa shape index (κ3) is 2.94. The van der Waals surface area contributed by atoms with Crippen molar-refractivity contribution in [3.8, 4) is 0 Å². The number of aryl methyl sites for hydroxylation is 2. The molecule has 4 nitrogen and oxygen atoms in total. The summed E-state index contributed by atoms with van der Waals surface area (Å²) in [5.74, 6) is -0.0664. The highest BCUT2D eigenvalue weighted by Crippen LogP contribution is 2.29. The van der Waals surface area contributed by atoms with Crippen LogP contribution in [0.25, 0.3) is 0 Å². The maximum absolute atomic E-state index is 11.9. The van der Waals surface area contributed by atoms with Crippen molar-refractivity contribution in [1.82, 2.24) is 0 Å². The smallest absolute Gasteiger partial charge is 0.244 e. The van der Waals surface area contributed by atoms with E-state index in [-0.39, 0.29) is 12.5 Å². The molecule has 5 heteroatoms. The van der Waals surface area contributed by atoms with E-state index < -0.39 is 0 Å². The number of carbonyl (C=O) groups excluding carboxylic acids is 1. The number of thiocarbonyl (C=S) groups is 1. The molecule has 0 unspecified atom stereocenters. The Bertz CT molecular complexity index is 737.